The van der Waals surface area contributed by atoms with Gasteiger partial charge < -0.3 is 23.7 Å². The summed E-state index contributed by atoms with van der Waals surface area (Å²) in [6.07, 6.45) is 2.03. The molecular weight excluding hydrogens is 248 g/mol. The zero-order valence-electron chi connectivity index (χ0n) is 12.1. The second-order valence-corrected chi connectivity index (χ2v) is 6.10. The summed E-state index contributed by atoms with van der Waals surface area (Å²) >= 11 is 0. The molecule has 0 bridgehead atoms. The van der Waals surface area contributed by atoms with Crippen LogP contribution in [0.3, 0.4) is 0 Å². The SMILES string of the molecule is CCC1(CCOCC2(C)COCOC2)COCOC1. The molecule has 0 unspecified atom stereocenters. The van der Waals surface area contributed by atoms with Crippen LogP contribution in [0.4, 0.5) is 0 Å². The van der Waals surface area contributed by atoms with Gasteiger partial charge in [0.05, 0.1) is 33.0 Å². The van der Waals surface area contributed by atoms with Gasteiger partial charge in [0.1, 0.15) is 13.6 Å². The van der Waals surface area contributed by atoms with Crippen molar-refractivity contribution in [1.82, 2.24) is 0 Å². The molecule has 0 radical (unpaired) electrons. The smallest absolute Gasteiger partial charge is 0.146 e. The summed E-state index contributed by atoms with van der Waals surface area (Å²) in [5.41, 5.74) is 0.107. The lowest BCUT2D eigenvalue weighted by Gasteiger charge is -2.36. The molecular formula is C14H26O5. The van der Waals surface area contributed by atoms with E-state index in [1.165, 1.54) is 0 Å². The Balaban J connectivity index is 1.67. The minimum atomic E-state index is -0.0167. The normalized spacial score (nSPS) is 26.2. The van der Waals surface area contributed by atoms with Gasteiger partial charge in [-0.1, -0.05) is 13.8 Å². The van der Waals surface area contributed by atoms with Gasteiger partial charge in [-0.25, -0.2) is 0 Å². The monoisotopic (exact) mass is 274 g/mol. The molecule has 0 aromatic rings. The molecule has 2 aliphatic rings. The highest BCUT2D eigenvalue weighted by Crippen LogP contribution is 2.30. The number of hydrogen-bond acceptors (Lipinski definition) is 5. The summed E-state index contributed by atoms with van der Waals surface area (Å²) in [6.45, 7) is 9.52. The first-order chi connectivity index (χ1) is 9.18. The van der Waals surface area contributed by atoms with Crippen LogP contribution in [-0.4, -0.2) is 53.2 Å². The maximum Gasteiger partial charge on any atom is 0.146 e. The molecule has 0 N–H and O–H groups in total. The van der Waals surface area contributed by atoms with E-state index in [9.17, 15) is 0 Å². The van der Waals surface area contributed by atoms with Crippen LogP contribution in [-0.2, 0) is 23.7 Å². The highest BCUT2D eigenvalue weighted by atomic mass is 16.7. The molecule has 2 heterocycles. The quantitative estimate of drug-likeness (QED) is 0.691. The van der Waals surface area contributed by atoms with Crippen LogP contribution in [0, 0.1) is 10.8 Å². The van der Waals surface area contributed by atoms with E-state index in [4.69, 9.17) is 23.7 Å². The van der Waals surface area contributed by atoms with Crippen LogP contribution >= 0.6 is 0 Å². The van der Waals surface area contributed by atoms with Gasteiger partial charge in [-0.05, 0) is 12.8 Å². The second kappa shape index (κ2) is 6.99. The third kappa shape index (κ3) is 4.39. The Labute approximate surface area is 115 Å². The molecule has 0 atom stereocenters. The van der Waals surface area contributed by atoms with E-state index in [0.717, 1.165) is 32.7 Å². The molecule has 0 aliphatic carbocycles. The fourth-order valence-corrected chi connectivity index (χ4v) is 2.51. The molecule has 2 saturated heterocycles. The van der Waals surface area contributed by atoms with Crippen molar-refractivity contribution in [3.8, 4) is 0 Å². The van der Waals surface area contributed by atoms with Gasteiger partial charge in [0.25, 0.3) is 0 Å². The van der Waals surface area contributed by atoms with Gasteiger partial charge in [-0.15, -0.1) is 0 Å². The first kappa shape index (κ1) is 15.2. The summed E-state index contributed by atoms with van der Waals surface area (Å²) in [5, 5.41) is 0. The van der Waals surface area contributed by atoms with E-state index in [0.29, 0.717) is 33.4 Å². The summed E-state index contributed by atoms with van der Waals surface area (Å²) in [6, 6.07) is 0. The minimum Gasteiger partial charge on any atom is -0.381 e. The van der Waals surface area contributed by atoms with Crippen molar-refractivity contribution in [1.29, 1.82) is 0 Å². The Hall–Kier alpha value is -0.200. The van der Waals surface area contributed by atoms with Crippen molar-refractivity contribution in [2.75, 3.05) is 53.2 Å². The lowest BCUT2D eigenvalue weighted by atomic mass is 9.83. The van der Waals surface area contributed by atoms with Crippen LogP contribution in [0.2, 0.25) is 0 Å². The summed E-state index contributed by atoms with van der Waals surface area (Å²) in [7, 11) is 0. The van der Waals surface area contributed by atoms with Crippen LogP contribution < -0.4 is 0 Å². The summed E-state index contributed by atoms with van der Waals surface area (Å²) < 4.78 is 27.3. The Morgan fingerprint density at radius 1 is 0.947 bits per heavy atom. The average Bonchev–Trinajstić information content (AvgIpc) is 2.46. The second-order valence-electron chi connectivity index (χ2n) is 6.10. The van der Waals surface area contributed by atoms with Gasteiger partial charge in [0.2, 0.25) is 0 Å². The highest BCUT2D eigenvalue weighted by molar-refractivity contribution is 4.80. The largest absolute Gasteiger partial charge is 0.381 e. The first-order valence-electron chi connectivity index (χ1n) is 7.07. The first-order valence-corrected chi connectivity index (χ1v) is 7.07. The Morgan fingerprint density at radius 2 is 1.53 bits per heavy atom. The van der Waals surface area contributed by atoms with Crippen molar-refractivity contribution in [2.45, 2.75) is 26.7 Å². The zero-order chi connectivity index (χ0) is 13.6. The number of rotatable bonds is 6. The van der Waals surface area contributed by atoms with E-state index in [1.54, 1.807) is 0 Å². The van der Waals surface area contributed by atoms with Crippen molar-refractivity contribution in [2.24, 2.45) is 10.8 Å². The molecule has 2 fully saturated rings. The standard InChI is InChI=1S/C14H26O5/c1-3-14(9-18-12-19-10-14)4-5-15-6-13(2)7-16-11-17-8-13/h3-12H2,1-2H3. The molecule has 2 rings (SSSR count). The van der Waals surface area contributed by atoms with Crippen LogP contribution in [0.1, 0.15) is 26.7 Å². The zero-order valence-corrected chi connectivity index (χ0v) is 12.1. The van der Waals surface area contributed by atoms with Crippen LogP contribution in [0.5, 0.6) is 0 Å². The lowest BCUT2D eigenvalue weighted by Crippen LogP contribution is -2.40. The maximum absolute atomic E-state index is 5.83. The average molecular weight is 274 g/mol. The maximum atomic E-state index is 5.83. The molecule has 0 saturated carbocycles. The van der Waals surface area contributed by atoms with Crippen molar-refractivity contribution in [3.05, 3.63) is 0 Å². The Morgan fingerprint density at radius 3 is 2.11 bits per heavy atom. The molecule has 0 aromatic carbocycles. The summed E-state index contributed by atoms with van der Waals surface area (Å²) in [5.74, 6) is 0. The lowest BCUT2D eigenvalue weighted by molar-refractivity contribution is -0.184. The van der Waals surface area contributed by atoms with E-state index in [2.05, 4.69) is 13.8 Å². The molecule has 5 nitrogen and oxygen atoms in total. The fourth-order valence-electron chi connectivity index (χ4n) is 2.51. The van der Waals surface area contributed by atoms with E-state index in [-0.39, 0.29) is 10.8 Å². The fraction of sp³-hybridized carbons (Fsp3) is 1.00. The van der Waals surface area contributed by atoms with Gasteiger partial charge >= 0.3 is 0 Å². The topological polar surface area (TPSA) is 46.2 Å². The van der Waals surface area contributed by atoms with E-state index >= 15 is 0 Å². The number of ether oxygens (including phenoxy) is 5. The molecule has 0 amide bonds. The van der Waals surface area contributed by atoms with Gasteiger partial charge in [0, 0.05) is 17.4 Å². The predicted octanol–water partition coefficient (Wildman–Crippen LogP) is 1.80. The van der Waals surface area contributed by atoms with Gasteiger partial charge in [0.15, 0.2) is 0 Å². The van der Waals surface area contributed by atoms with Crippen molar-refractivity contribution in [3.63, 3.8) is 0 Å². The molecule has 112 valence electrons. The van der Waals surface area contributed by atoms with Crippen molar-refractivity contribution < 1.29 is 23.7 Å². The molecule has 19 heavy (non-hydrogen) atoms. The van der Waals surface area contributed by atoms with Crippen molar-refractivity contribution >= 4 is 0 Å². The molecule has 0 aromatic heterocycles. The Kier molecular flexibility index (Phi) is 5.59. The summed E-state index contributed by atoms with van der Waals surface area (Å²) in [4.78, 5) is 0. The van der Waals surface area contributed by atoms with Crippen LogP contribution in [0.15, 0.2) is 0 Å². The molecule has 0 spiro atoms. The molecule has 2 aliphatic heterocycles. The minimum absolute atomic E-state index is 0.0167. The van der Waals surface area contributed by atoms with Gasteiger partial charge in [-0.3, -0.25) is 0 Å². The van der Waals surface area contributed by atoms with E-state index in [1.807, 2.05) is 0 Å². The molecule has 5 heteroatoms. The van der Waals surface area contributed by atoms with E-state index < -0.39 is 0 Å². The van der Waals surface area contributed by atoms with Crippen LogP contribution in [0.25, 0.3) is 0 Å². The Bertz CT molecular complexity index is 257. The predicted molar refractivity (Wildman–Crippen MR) is 69.8 cm³/mol. The highest BCUT2D eigenvalue weighted by Gasteiger charge is 2.33. The third-order valence-electron chi connectivity index (χ3n) is 4.03. The third-order valence-corrected chi connectivity index (χ3v) is 4.03. The van der Waals surface area contributed by atoms with Gasteiger partial charge in [-0.2, -0.15) is 0 Å². The number of hydrogen-bond donors (Lipinski definition) is 0.